The van der Waals surface area contributed by atoms with Crippen LogP contribution in [0.1, 0.15) is 33.6 Å². The number of carbonyl (C=O) groups is 2. The van der Waals surface area contributed by atoms with E-state index in [0.29, 0.717) is 0 Å². The fourth-order valence-corrected chi connectivity index (χ4v) is 1.02. The van der Waals surface area contributed by atoms with E-state index in [1.165, 1.54) is 6.92 Å². The van der Waals surface area contributed by atoms with Crippen LogP contribution in [-0.2, 0) is 9.59 Å². The maximum atomic E-state index is 11.2. The van der Waals surface area contributed by atoms with Gasteiger partial charge in [0.2, 0.25) is 5.91 Å². The fourth-order valence-electron chi connectivity index (χ4n) is 1.02. The Morgan fingerprint density at radius 1 is 1.25 bits per heavy atom. The van der Waals surface area contributed by atoms with E-state index in [9.17, 15) is 9.59 Å². The number of carbonyl (C=O) groups excluding carboxylic acids is 2. The van der Waals surface area contributed by atoms with Crippen molar-refractivity contribution in [3.63, 3.8) is 0 Å². The number of nitrogens with one attached hydrogen (secondary N) is 1. The predicted molar refractivity (Wildman–Crippen MR) is 47.8 cm³/mol. The summed E-state index contributed by atoms with van der Waals surface area (Å²) < 4.78 is 0. The molecular formula is C9H17NO2. The average Bonchev–Trinajstić information content (AvgIpc) is 2.03. The van der Waals surface area contributed by atoms with Crippen molar-refractivity contribution in [1.82, 2.24) is 5.32 Å². The summed E-state index contributed by atoms with van der Waals surface area (Å²) in [6, 6.07) is 0. The summed E-state index contributed by atoms with van der Waals surface area (Å²) >= 11 is 0. The number of rotatable bonds is 5. The molecule has 0 rings (SSSR count). The Morgan fingerprint density at radius 2 is 1.75 bits per heavy atom. The van der Waals surface area contributed by atoms with Crippen LogP contribution in [0.5, 0.6) is 0 Å². The molecule has 0 aromatic rings. The zero-order valence-electron chi connectivity index (χ0n) is 8.02. The molecule has 3 nitrogen and oxygen atoms in total. The van der Waals surface area contributed by atoms with Crippen LogP contribution < -0.4 is 5.32 Å². The number of Topliss-reactive ketones (excluding diaryl/α,β-unsaturated/α-hetero) is 1. The third kappa shape index (κ3) is 4.11. The zero-order chi connectivity index (χ0) is 9.56. The van der Waals surface area contributed by atoms with Crippen LogP contribution in [-0.4, -0.2) is 18.2 Å². The van der Waals surface area contributed by atoms with Gasteiger partial charge < -0.3 is 5.32 Å². The second kappa shape index (κ2) is 5.75. The first-order valence-electron chi connectivity index (χ1n) is 4.38. The first-order valence-corrected chi connectivity index (χ1v) is 4.38. The van der Waals surface area contributed by atoms with Gasteiger partial charge in [0.25, 0.3) is 0 Å². The summed E-state index contributed by atoms with van der Waals surface area (Å²) in [6.07, 6.45) is 1.67. The van der Waals surface area contributed by atoms with Gasteiger partial charge in [0.05, 0.1) is 6.54 Å². The van der Waals surface area contributed by atoms with Gasteiger partial charge in [-0.15, -0.1) is 0 Å². The highest BCUT2D eigenvalue weighted by molar-refractivity contribution is 5.85. The van der Waals surface area contributed by atoms with Gasteiger partial charge in [-0.3, -0.25) is 9.59 Å². The third-order valence-electron chi connectivity index (χ3n) is 1.87. The molecule has 0 aromatic heterocycles. The van der Waals surface area contributed by atoms with Gasteiger partial charge in [-0.2, -0.15) is 0 Å². The van der Waals surface area contributed by atoms with Crippen LogP contribution in [0.25, 0.3) is 0 Å². The summed E-state index contributed by atoms with van der Waals surface area (Å²) in [7, 11) is 0. The molecule has 0 fully saturated rings. The molecule has 70 valence electrons. The lowest BCUT2D eigenvalue weighted by molar-refractivity contribution is -0.127. The Morgan fingerprint density at radius 3 is 2.08 bits per heavy atom. The maximum Gasteiger partial charge on any atom is 0.223 e. The van der Waals surface area contributed by atoms with Crippen molar-refractivity contribution in [3.05, 3.63) is 0 Å². The minimum atomic E-state index is -0.00527. The molecule has 0 aliphatic heterocycles. The molecule has 0 saturated carbocycles. The van der Waals surface area contributed by atoms with Crippen LogP contribution in [0.2, 0.25) is 0 Å². The van der Waals surface area contributed by atoms with Gasteiger partial charge >= 0.3 is 0 Å². The molecule has 0 aromatic carbocycles. The second-order valence-electron chi connectivity index (χ2n) is 2.93. The summed E-state index contributed by atoms with van der Waals surface area (Å²) in [5.41, 5.74) is 0. The SMILES string of the molecule is CCC(CC)C(=O)NCC(C)=O. The van der Waals surface area contributed by atoms with Crippen LogP contribution in [0.4, 0.5) is 0 Å². The lowest BCUT2D eigenvalue weighted by atomic mass is 10.0. The highest BCUT2D eigenvalue weighted by Gasteiger charge is 2.13. The van der Waals surface area contributed by atoms with Crippen molar-refractivity contribution in [2.24, 2.45) is 5.92 Å². The van der Waals surface area contributed by atoms with Crippen molar-refractivity contribution in [2.75, 3.05) is 6.54 Å². The van der Waals surface area contributed by atoms with Crippen molar-refractivity contribution >= 4 is 11.7 Å². The molecule has 1 amide bonds. The molecule has 0 heterocycles. The van der Waals surface area contributed by atoms with E-state index in [1.54, 1.807) is 0 Å². The molecule has 0 unspecified atom stereocenters. The largest absolute Gasteiger partial charge is 0.349 e. The fraction of sp³-hybridized carbons (Fsp3) is 0.778. The van der Waals surface area contributed by atoms with E-state index in [4.69, 9.17) is 0 Å². The second-order valence-corrected chi connectivity index (χ2v) is 2.93. The summed E-state index contributed by atoms with van der Waals surface area (Å²) in [5.74, 6) is 0.0499. The molecule has 1 N–H and O–H groups in total. The summed E-state index contributed by atoms with van der Waals surface area (Å²) in [5, 5.41) is 2.60. The third-order valence-corrected chi connectivity index (χ3v) is 1.87. The van der Waals surface area contributed by atoms with Gasteiger partial charge in [-0.05, 0) is 19.8 Å². The Balaban J connectivity index is 3.77. The molecule has 12 heavy (non-hydrogen) atoms. The molecule has 3 heteroatoms. The van der Waals surface area contributed by atoms with Crippen molar-refractivity contribution < 1.29 is 9.59 Å². The lowest BCUT2D eigenvalue weighted by Crippen LogP contribution is -2.33. The molecular weight excluding hydrogens is 154 g/mol. The molecule has 0 radical (unpaired) electrons. The number of hydrogen-bond acceptors (Lipinski definition) is 2. The standard InChI is InChI=1S/C9H17NO2/c1-4-8(5-2)9(12)10-6-7(3)11/h8H,4-6H2,1-3H3,(H,10,12). The van der Waals surface area contributed by atoms with E-state index in [0.717, 1.165) is 12.8 Å². The van der Waals surface area contributed by atoms with Crippen molar-refractivity contribution in [1.29, 1.82) is 0 Å². The molecule has 0 bridgehead atoms. The Kier molecular flexibility index (Phi) is 5.34. The van der Waals surface area contributed by atoms with E-state index >= 15 is 0 Å². The lowest BCUT2D eigenvalue weighted by Gasteiger charge is -2.11. The van der Waals surface area contributed by atoms with Crippen LogP contribution in [0.15, 0.2) is 0 Å². The monoisotopic (exact) mass is 171 g/mol. The minimum Gasteiger partial charge on any atom is -0.349 e. The van der Waals surface area contributed by atoms with E-state index in [1.807, 2.05) is 13.8 Å². The van der Waals surface area contributed by atoms with Gasteiger partial charge in [0, 0.05) is 5.92 Å². The molecule has 0 atom stereocenters. The minimum absolute atomic E-state index is 0.00444. The Bertz CT molecular complexity index is 162. The summed E-state index contributed by atoms with van der Waals surface area (Å²) in [4.78, 5) is 21.8. The van der Waals surface area contributed by atoms with Crippen molar-refractivity contribution in [2.45, 2.75) is 33.6 Å². The molecule has 0 spiro atoms. The quantitative estimate of drug-likeness (QED) is 0.674. The van der Waals surface area contributed by atoms with E-state index < -0.39 is 0 Å². The molecule has 0 aliphatic rings. The number of ketones is 1. The van der Waals surface area contributed by atoms with Crippen LogP contribution in [0.3, 0.4) is 0 Å². The average molecular weight is 171 g/mol. The van der Waals surface area contributed by atoms with Crippen LogP contribution in [0, 0.1) is 5.92 Å². The molecule has 0 saturated heterocycles. The van der Waals surface area contributed by atoms with Gasteiger partial charge in [0.1, 0.15) is 5.78 Å². The highest BCUT2D eigenvalue weighted by atomic mass is 16.2. The number of amides is 1. The number of hydrogen-bond donors (Lipinski definition) is 1. The van der Waals surface area contributed by atoms with Gasteiger partial charge in [0.15, 0.2) is 0 Å². The Hall–Kier alpha value is -0.860. The first kappa shape index (κ1) is 11.1. The van der Waals surface area contributed by atoms with Gasteiger partial charge in [-0.1, -0.05) is 13.8 Å². The zero-order valence-corrected chi connectivity index (χ0v) is 8.02. The molecule has 0 aliphatic carbocycles. The smallest absolute Gasteiger partial charge is 0.223 e. The van der Waals surface area contributed by atoms with Gasteiger partial charge in [-0.25, -0.2) is 0 Å². The predicted octanol–water partition coefficient (Wildman–Crippen LogP) is 1.13. The summed E-state index contributed by atoms with van der Waals surface area (Å²) in [6.45, 7) is 5.57. The van der Waals surface area contributed by atoms with Crippen LogP contribution >= 0.6 is 0 Å². The van der Waals surface area contributed by atoms with E-state index in [2.05, 4.69) is 5.32 Å². The normalized spacial score (nSPS) is 10.0. The van der Waals surface area contributed by atoms with E-state index in [-0.39, 0.29) is 24.2 Å². The maximum absolute atomic E-state index is 11.2. The Labute approximate surface area is 73.5 Å². The first-order chi connectivity index (χ1) is 5.61. The topological polar surface area (TPSA) is 46.2 Å². The highest BCUT2D eigenvalue weighted by Crippen LogP contribution is 2.06. The van der Waals surface area contributed by atoms with Crippen molar-refractivity contribution in [3.8, 4) is 0 Å².